The molecule has 0 aliphatic carbocycles. The van der Waals surface area contributed by atoms with E-state index in [0.717, 1.165) is 31.1 Å². The van der Waals surface area contributed by atoms with Crippen LogP contribution in [0.4, 0.5) is 5.69 Å². The molecule has 3 aliphatic rings. The largest absolute Gasteiger partial charge is 0.357 e. The average molecular weight is 344 g/mol. The van der Waals surface area contributed by atoms with Gasteiger partial charge in [0.2, 0.25) is 0 Å². The monoisotopic (exact) mass is 343 g/mol. The summed E-state index contributed by atoms with van der Waals surface area (Å²) in [7, 11) is 0. The number of nitrogens with one attached hydrogen (secondary N) is 1. The lowest BCUT2D eigenvalue weighted by Gasteiger charge is -2.38. The number of halogens is 1. The molecule has 7 heteroatoms. The molecule has 24 heavy (non-hydrogen) atoms. The van der Waals surface area contributed by atoms with Gasteiger partial charge in [-0.25, -0.2) is 5.43 Å². The Morgan fingerprint density at radius 3 is 2.96 bits per heavy atom. The number of nitrogens with zero attached hydrogens (tertiary/aromatic N) is 4. The maximum Gasteiger partial charge on any atom is 0.162 e. The number of para-hydroxylation sites is 1. The molecule has 0 bridgehead atoms. The van der Waals surface area contributed by atoms with Crippen molar-refractivity contribution in [1.82, 2.24) is 19.8 Å². The molecule has 2 saturated heterocycles. The van der Waals surface area contributed by atoms with Crippen molar-refractivity contribution < 1.29 is 4.74 Å². The summed E-state index contributed by atoms with van der Waals surface area (Å²) >= 11 is 6.39. The van der Waals surface area contributed by atoms with Gasteiger partial charge in [-0.15, -0.1) is 4.53 Å². The predicted octanol–water partition coefficient (Wildman–Crippen LogP) is 2.02. The first-order valence-corrected chi connectivity index (χ1v) is 8.47. The van der Waals surface area contributed by atoms with E-state index in [1.807, 2.05) is 18.3 Å². The van der Waals surface area contributed by atoms with Gasteiger partial charge in [-0.2, -0.15) is 0 Å². The summed E-state index contributed by atoms with van der Waals surface area (Å²) in [6.45, 7) is 2.94. The Labute approximate surface area is 145 Å². The molecule has 1 aromatic carbocycles. The zero-order valence-corrected chi connectivity index (χ0v) is 13.9. The minimum atomic E-state index is -0.512. The van der Waals surface area contributed by atoms with Gasteiger partial charge in [0.25, 0.3) is 0 Å². The van der Waals surface area contributed by atoms with Crippen LogP contribution in [-0.4, -0.2) is 40.8 Å². The van der Waals surface area contributed by atoms with Gasteiger partial charge in [-0.05, 0) is 30.0 Å². The van der Waals surface area contributed by atoms with E-state index in [9.17, 15) is 0 Å². The standard InChI is InChI=1S/C17H18ClN5O/c18-23-12-22-14-6-2-1-5-13(14)16-21(9-10-24-16)11-17(22,20-23)15-7-3-4-8-19-15/h1-8,16,20H,9-12H2. The second-order valence-electron chi connectivity index (χ2n) is 6.37. The van der Waals surface area contributed by atoms with Gasteiger partial charge >= 0.3 is 0 Å². The number of hydrogen-bond donors (Lipinski definition) is 1. The van der Waals surface area contributed by atoms with E-state index < -0.39 is 5.66 Å². The fourth-order valence-electron chi connectivity index (χ4n) is 4.02. The average Bonchev–Trinajstić information content (AvgIpc) is 3.18. The van der Waals surface area contributed by atoms with E-state index in [0.29, 0.717) is 6.67 Å². The third kappa shape index (κ3) is 2.01. The van der Waals surface area contributed by atoms with Gasteiger partial charge < -0.3 is 9.64 Å². The van der Waals surface area contributed by atoms with E-state index in [4.69, 9.17) is 16.5 Å². The molecule has 0 radical (unpaired) electrons. The van der Waals surface area contributed by atoms with Crippen molar-refractivity contribution >= 4 is 17.5 Å². The minimum absolute atomic E-state index is 0.0158. The molecule has 0 spiro atoms. The lowest BCUT2D eigenvalue weighted by atomic mass is 10.0. The quantitative estimate of drug-likeness (QED) is 0.799. The zero-order chi connectivity index (χ0) is 16.1. The molecule has 2 unspecified atom stereocenters. The third-order valence-electron chi connectivity index (χ3n) is 5.03. The SMILES string of the molecule is ClN1CN2c3ccccc3C3OCCN3CC2(c2ccccn2)N1. The van der Waals surface area contributed by atoms with Crippen LogP contribution in [0.5, 0.6) is 0 Å². The topological polar surface area (TPSA) is 43.9 Å². The van der Waals surface area contributed by atoms with Gasteiger partial charge in [-0.1, -0.05) is 24.3 Å². The maximum atomic E-state index is 6.39. The number of pyridine rings is 1. The van der Waals surface area contributed by atoms with Gasteiger partial charge in [0, 0.05) is 30.5 Å². The maximum absolute atomic E-state index is 6.39. The molecule has 1 aromatic heterocycles. The summed E-state index contributed by atoms with van der Waals surface area (Å²) in [4.78, 5) is 9.29. The molecule has 0 saturated carbocycles. The summed E-state index contributed by atoms with van der Waals surface area (Å²) < 4.78 is 7.65. The number of ether oxygens (including phenoxy) is 1. The highest BCUT2D eigenvalue weighted by molar-refractivity contribution is 6.13. The zero-order valence-electron chi connectivity index (χ0n) is 13.1. The van der Waals surface area contributed by atoms with E-state index in [1.54, 1.807) is 4.53 Å². The third-order valence-corrected chi connectivity index (χ3v) is 5.22. The smallest absolute Gasteiger partial charge is 0.162 e. The fraction of sp³-hybridized carbons (Fsp3) is 0.353. The highest BCUT2D eigenvalue weighted by Gasteiger charge is 2.52. The Kier molecular flexibility index (Phi) is 3.29. The van der Waals surface area contributed by atoms with Crippen LogP contribution in [0, 0.1) is 0 Å². The highest BCUT2D eigenvalue weighted by atomic mass is 35.5. The van der Waals surface area contributed by atoms with Crippen LogP contribution in [0.2, 0.25) is 0 Å². The van der Waals surface area contributed by atoms with Crippen LogP contribution in [-0.2, 0) is 10.4 Å². The van der Waals surface area contributed by atoms with Crippen molar-refractivity contribution in [2.24, 2.45) is 0 Å². The van der Waals surface area contributed by atoms with Crippen molar-refractivity contribution in [3.8, 4) is 0 Å². The Bertz CT molecular complexity index is 760. The first kappa shape index (κ1) is 14.6. The second kappa shape index (κ2) is 5.40. The number of aromatic nitrogens is 1. The van der Waals surface area contributed by atoms with Crippen molar-refractivity contribution in [2.75, 3.05) is 31.3 Å². The summed E-state index contributed by atoms with van der Waals surface area (Å²) in [5.74, 6) is 0. The predicted molar refractivity (Wildman–Crippen MR) is 90.8 cm³/mol. The molecular weight excluding hydrogens is 326 g/mol. The van der Waals surface area contributed by atoms with E-state index in [-0.39, 0.29) is 6.23 Å². The van der Waals surface area contributed by atoms with Crippen molar-refractivity contribution in [3.63, 3.8) is 0 Å². The molecule has 124 valence electrons. The Hall–Kier alpha value is -1.70. The van der Waals surface area contributed by atoms with Crippen LogP contribution < -0.4 is 10.3 Å². The van der Waals surface area contributed by atoms with Crippen LogP contribution in [0.1, 0.15) is 17.5 Å². The van der Waals surface area contributed by atoms with Gasteiger partial charge in [-0.3, -0.25) is 9.88 Å². The first-order chi connectivity index (χ1) is 11.8. The van der Waals surface area contributed by atoms with Crippen molar-refractivity contribution in [1.29, 1.82) is 0 Å². The van der Waals surface area contributed by atoms with Crippen molar-refractivity contribution in [2.45, 2.75) is 11.9 Å². The highest BCUT2D eigenvalue weighted by Crippen LogP contribution is 2.45. The number of fused-ring (bicyclic) bond motifs is 5. The van der Waals surface area contributed by atoms with Crippen LogP contribution in [0.15, 0.2) is 48.7 Å². The molecule has 4 heterocycles. The summed E-state index contributed by atoms with van der Waals surface area (Å²) in [5.41, 5.74) is 6.20. The van der Waals surface area contributed by atoms with E-state index in [2.05, 4.69) is 50.5 Å². The number of hydrogen-bond acceptors (Lipinski definition) is 6. The van der Waals surface area contributed by atoms with E-state index in [1.165, 1.54) is 5.56 Å². The van der Waals surface area contributed by atoms with Gasteiger partial charge in [0.15, 0.2) is 5.66 Å². The first-order valence-electron chi connectivity index (χ1n) is 8.13. The number of benzene rings is 1. The molecule has 2 aromatic rings. The van der Waals surface area contributed by atoms with Gasteiger partial charge in [0.05, 0.1) is 12.3 Å². The number of anilines is 1. The number of rotatable bonds is 1. The lowest BCUT2D eigenvalue weighted by molar-refractivity contribution is 0.0221. The molecule has 2 fully saturated rings. The number of hydrazine groups is 1. The normalized spacial score (nSPS) is 29.9. The Balaban J connectivity index is 1.74. The molecule has 0 amide bonds. The summed E-state index contributed by atoms with van der Waals surface area (Å²) in [6, 6.07) is 14.4. The van der Waals surface area contributed by atoms with E-state index >= 15 is 0 Å². The van der Waals surface area contributed by atoms with Crippen LogP contribution in [0.25, 0.3) is 0 Å². The molecule has 5 rings (SSSR count). The summed E-state index contributed by atoms with van der Waals surface area (Å²) in [5, 5.41) is 0. The Morgan fingerprint density at radius 1 is 1.21 bits per heavy atom. The minimum Gasteiger partial charge on any atom is -0.357 e. The summed E-state index contributed by atoms with van der Waals surface area (Å²) in [6.07, 6.45) is 1.81. The van der Waals surface area contributed by atoms with Crippen LogP contribution >= 0.6 is 11.8 Å². The van der Waals surface area contributed by atoms with Crippen molar-refractivity contribution in [3.05, 3.63) is 59.9 Å². The second-order valence-corrected chi connectivity index (χ2v) is 6.78. The lowest BCUT2D eigenvalue weighted by Crippen LogP contribution is -2.56. The molecule has 1 N–H and O–H groups in total. The van der Waals surface area contributed by atoms with Crippen LogP contribution in [0.3, 0.4) is 0 Å². The molecular formula is C17H18ClN5O. The molecule has 2 atom stereocenters. The Morgan fingerprint density at radius 2 is 2.08 bits per heavy atom. The van der Waals surface area contributed by atoms with Gasteiger partial charge in [0.1, 0.15) is 12.9 Å². The molecule has 3 aliphatic heterocycles. The fourth-order valence-corrected chi connectivity index (χ4v) is 4.26. The molecule has 6 nitrogen and oxygen atoms in total.